The van der Waals surface area contributed by atoms with Crippen molar-refractivity contribution in [3.63, 3.8) is 0 Å². The Kier molecular flexibility index (Phi) is 3.12. The minimum atomic E-state index is -1.17. The highest BCUT2D eigenvalue weighted by Crippen LogP contribution is 2.44. The van der Waals surface area contributed by atoms with Crippen LogP contribution in [0.4, 0.5) is 0 Å². The molecule has 1 aliphatic carbocycles. The maximum Gasteiger partial charge on any atom is 0.190 e. The van der Waals surface area contributed by atoms with Crippen LogP contribution in [0.25, 0.3) is 0 Å². The van der Waals surface area contributed by atoms with E-state index in [0.717, 1.165) is 11.1 Å². The van der Waals surface area contributed by atoms with Crippen molar-refractivity contribution >= 4 is 29.0 Å². The molecule has 0 aromatic heterocycles. The van der Waals surface area contributed by atoms with Gasteiger partial charge in [0.1, 0.15) is 4.87 Å². The summed E-state index contributed by atoms with van der Waals surface area (Å²) >= 11 is 13.1. The Labute approximate surface area is 122 Å². The first-order chi connectivity index (χ1) is 9.14. The minimum Gasteiger partial charge on any atom is -0.292 e. The first-order valence-corrected chi connectivity index (χ1v) is 6.96. The lowest BCUT2D eigenvalue weighted by molar-refractivity contribution is 0.0924. The van der Waals surface area contributed by atoms with Crippen LogP contribution >= 0.6 is 23.2 Å². The Hall–Kier alpha value is -1.31. The number of rotatable bonds is 1. The average molecular weight is 291 g/mol. The van der Waals surface area contributed by atoms with E-state index >= 15 is 0 Å². The number of hydrogen-bond donors (Lipinski definition) is 0. The fourth-order valence-electron chi connectivity index (χ4n) is 2.58. The maximum atomic E-state index is 12.7. The predicted octanol–water partition coefficient (Wildman–Crippen LogP) is 4.17. The normalized spacial score (nSPS) is 26.0. The van der Waals surface area contributed by atoms with Crippen molar-refractivity contribution in [3.8, 4) is 0 Å². The molecule has 3 heteroatoms. The summed E-state index contributed by atoms with van der Waals surface area (Å²) < 4.78 is 0. The Morgan fingerprint density at radius 2 is 1.63 bits per heavy atom. The van der Waals surface area contributed by atoms with Gasteiger partial charge >= 0.3 is 0 Å². The Morgan fingerprint density at radius 3 is 2.37 bits per heavy atom. The second-order valence-corrected chi connectivity index (χ2v) is 5.86. The van der Waals surface area contributed by atoms with Crippen molar-refractivity contribution < 1.29 is 4.79 Å². The van der Waals surface area contributed by atoms with Crippen molar-refractivity contribution in [1.82, 2.24) is 0 Å². The molecule has 1 nitrogen and oxygen atoms in total. The molecule has 3 rings (SSSR count). The van der Waals surface area contributed by atoms with Crippen LogP contribution in [0.5, 0.6) is 0 Å². The summed E-state index contributed by atoms with van der Waals surface area (Å²) in [7, 11) is 0. The summed E-state index contributed by atoms with van der Waals surface area (Å²) in [6.45, 7) is 0. The molecule has 2 aromatic rings. The van der Waals surface area contributed by atoms with Gasteiger partial charge in [-0.3, -0.25) is 4.79 Å². The van der Waals surface area contributed by atoms with E-state index in [1.54, 1.807) is 0 Å². The highest BCUT2D eigenvalue weighted by molar-refractivity contribution is 6.44. The summed E-state index contributed by atoms with van der Waals surface area (Å²) in [5, 5.41) is -0.445. The van der Waals surface area contributed by atoms with Crippen molar-refractivity contribution in [2.75, 3.05) is 0 Å². The first kappa shape index (κ1) is 12.7. The summed E-state index contributed by atoms with van der Waals surface area (Å²) in [5.41, 5.74) is 2.41. The summed E-state index contributed by atoms with van der Waals surface area (Å²) in [6, 6.07) is 16.9. The standard InChI is InChI=1S/C16H12Cl2O/c17-14-10-11-6-4-5-9-13(11)15(19)16(14,18)12-7-2-1-3-8-12/h1-9,14H,10H2. The zero-order valence-electron chi connectivity index (χ0n) is 10.1. The first-order valence-electron chi connectivity index (χ1n) is 6.15. The number of halogens is 2. The quantitative estimate of drug-likeness (QED) is 0.721. The van der Waals surface area contributed by atoms with Crippen LogP contribution in [-0.2, 0) is 11.3 Å². The third-order valence-corrected chi connectivity index (χ3v) is 4.86. The number of alkyl halides is 2. The van der Waals surface area contributed by atoms with E-state index in [1.165, 1.54) is 0 Å². The van der Waals surface area contributed by atoms with Crippen molar-refractivity contribution in [3.05, 3.63) is 71.3 Å². The molecule has 0 saturated heterocycles. The SMILES string of the molecule is O=C1c2ccccc2CC(Cl)C1(Cl)c1ccccc1. The number of hydrogen-bond acceptors (Lipinski definition) is 1. The van der Waals surface area contributed by atoms with Crippen LogP contribution in [0.15, 0.2) is 54.6 Å². The molecule has 0 saturated carbocycles. The molecule has 0 bridgehead atoms. The van der Waals surface area contributed by atoms with Crippen molar-refractivity contribution in [2.24, 2.45) is 0 Å². The molecule has 2 aromatic carbocycles. The summed E-state index contributed by atoms with van der Waals surface area (Å²) in [6.07, 6.45) is 0.599. The van der Waals surface area contributed by atoms with Gasteiger partial charge in [-0.2, -0.15) is 0 Å². The molecule has 0 spiro atoms. The lowest BCUT2D eigenvalue weighted by atomic mass is 9.78. The van der Waals surface area contributed by atoms with E-state index in [4.69, 9.17) is 23.2 Å². The molecule has 0 radical (unpaired) electrons. The van der Waals surface area contributed by atoms with Crippen LogP contribution in [-0.4, -0.2) is 11.2 Å². The Balaban J connectivity index is 2.16. The second-order valence-electron chi connectivity index (χ2n) is 4.74. The van der Waals surface area contributed by atoms with Gasteiger partial charge in [0.2, 0.25) is 0 Å². The molecule has 2 atom stereocenters. The van der Waals surface area contributed by atoms with Gasteiger partial charge in [-0.25, -0.2) is 0 Å². The predicted molar refractivity (Wildman–Crippen MR) is 78.1 cm³/mol. The molecule has 0 fully saturated rings. The van der Waals surface area contributed by atoms with E-state index in [-0.39, 0.29) is 5.78 Å². The van der Waals surface area contributed by atoms with E-state index in [0.29, 0.717) is 12.0 Å². The van der Waals surface area contributed by atoms with E-state index in [1.807, 2.05) is 54.6 Å². The van der Waals surface area contributed by atoms with Gasteiger partial charge in [0, 0.05) is 5.56 Å². The number of ketones is 1. The van der Waals surface area contributed by atoms with Crippen LogP contribution in [0.1, 0.15) is 21.5 Å². The summed E-state index contributed by atoms with van der Waals surface area (Å²) in [5.74, 6) is -0.109. The van der Waals surface area contributed by atoms with Gasteiger partial charge in [0.15, 0.2) is 5.78 Å². The average Bonchev–Trinajstić information content (AvgIpc) is 2.46. The highest BCUT2D eigenvalue weighted by atomic mass is 35.5. The fraction of sp³-hybridized carbons (Fsp3) is 0.188. The minimum absolute atomic E-state index is 0.109. The lowest BCUT2D eigenvalue weighted by Gasteiger charge is -2.35. The second kappa shape index (κ2) is 4.66. The zero-order chi connectivity index (χ0) is 13.5. The molecule has 96 valence electrons. The maximum absolute atomic E-state index is 12.7. The largest absolute Gasteiger partial charge is 0.292 e. The Bertz CT molecular complexity index is 624. The Morgan fingerprint density at radius 1 is 1.00 bits per heavy atom. The molecule has 0 amide bonds. The van der Waals surface area contributed by atoms with Crippen molar-refractivity contribution in [1.29, 1.82) is 0 Å². The highest BCUT2D eigenvalue weighted by Gasteiger charge is 2.48. The third kappa shape index (κ3) is 1.89. The topological polar surface area (TPSA) is 17.1 Å². The number of fused-ring (bicyclic) bond motifs is 1. The van der Waals surface area contributed by atoms with Gasteiger partial charge < -0.3 is 0 Å². The van der Waals surface area contributed by atoms with Gasteiger partial charge in [0.05, 0.1) is 5.38 Å². The van der Waals surface area contributed by atoms with E-state index in [2.05, 4.69) is 0 Å². The molecular formula is C16H12Cl2O. The van der Waals surface area contributed by atoms with E-state index < -0.39 is 10.3 Å². The third-order valence-electron chi connectivity index (χ3n) is 3.62. The van der Waals surface area contributed by atoms with Crippen LogP contribution < -0.4 is 0 Å². The van der Waals surface area contributed by atoms with Gasteiger partial charge in [-0.05, 0) is 17.5 Å². The molecule has 0 N–H and O–H groups in total. The number of Topliss-reactive ketones (excluding diaryl/α,β-unsaturated/α-hetero) is 1. The van der Waals surface area contributed by atoms with Crippen molar-refractivity contribution in [2.45, 2.75) is 16.7 Å². The molecular weight excluding hydrogens is 279 g/mol. The molecule has 19 heavy (non-hydrogen) atoms. The molecule has 1 aliphatic rings. The molecule has 0 aliphatic heterocycles. The van der Waals surface area contributed by atoms with Crippen LogP contribution in [0.2, 0.25) is 0 Å². The lowest BCUT2D eigenvalue weighted by Crippen LogP contribution is -2.44. The number of benzene rings is 2. The zero-order valence-corrected chi connectivity index (χ0v) is 11.7. The van der Waals surface area contributed by atoms with Crippen LogP contribution in [0.3, 0.4) is 0 Å². The smallest absolute Gasteiger partial charge is 0.190 e. The summed E-state index contributed by atoms with van der Waals surface area (Å²) in [4.78, 5) is 11.6. The van der Waals surface area contributed by atoms with Gasteiger partial charge in [-0.1, -0.05) is 54.6 Å². The fourth-order valence-corrected chi connectivity index (χ4v) is 3.28. The van der Waals surface area contributed by atoms with Gasteiger partial charge in [-0.15, -0.1) is 23.2 Å². The number of carbonyl (C=O) groups is 1. The van der Waals surface area contributed by atoms with Gasteiger partial charge in [0.25, 0.3) is 0 Å². The molecule has 2 unspecified atom stereocenters. The molecule has 0 heterocycles. The van der Waals surface area contributed by atoms with E-state index in [9.17, 15) is 4.79 Å². The van der Waals surface area contributed by atoms with Crippen LogP contribution in [0, 0.1) is 0 Å². The number of carbonyl (C=O) groups excluding carboxylic acids is 1. The monoisotopic (exact) mass is 290 g/mol.